The van der Waals surface area contributed by atoms with E-state index in [9.17, 15) is 4.79 Å². The van der Waals surface area contributed by atoms with Crippen molar-refractivity contribution < 1.29 is 9.21 Å². The third-order valence-electron chi connectivity index (χ3n) is 2.52. The summed E-state index contributed by atoms with van der Waals surface area (Å²) in [6.07, 6.45) is 0. The van der Waals surface area contributed by atoms with E-state index in [-0.39, 0.29) is 5.78 Å². The van der Waals surface area contributed by atoms with Gasteiger partial charge in [0.2, 0.25) is 5.88 Å². The van der Waals surface area contributed by atoms with Gasteiger partial charge in [0.25, 0.3) is 0 Å². The molecule has 0 aromatic carbocycles. The summed E-state index contributed by atoms with van der Waals surface area (Å²) in [5.74, 6) is 0.902. The number of anilines is 2. The lowest BCUT2D eigenvalue weighted by molar-refractivity contribution is 0.101. The van der Waals surface area contributed by atoms with Crippen LogP contribution in [0.15, 0.2) is 10.5 Å². The van der Waals surface area contributed by atoms with E-state index in [1.54, 1.807) is 6.07 Å². The molecule has 2 rings (SSSR count). The van der Waals surface area contributed by atoms with E-state index < -0.39 is 0 Å². The van der Waals surface area contributed by atoms with Crippen molar-refractivity contribution >= 4 is 17.6 Å². The van der Waals surface area contributed by atoms with Gasteiger partial charge < -0.3 is 20.4 Å². The molecule has 82 valence electrons. The van der Waals surface area contributed by atoms with Crippen LogP contribution in [0, 0.1) is 0 Å². The fourth-order valence-electron chi connectivity index (χ4n) is 1.76. The zero-order valence-electron chi connectivity index (χ0n) is 8.75. The van der Waals surface area contributed by atoms with Crippen LogP contribution in [0.5, 0.6) is 0 Å². The van der Waals surface area contributed by atoms with E-state index in [2.05, 4.69) is 5.32 Å². The summed E-state index contributed by atoms with van der Waals surface area (Å²) in [6, 6.07) is 1.60. The SMILES string of the molecule is CC(=O)c1cc(N)oc1N1CCNCC1. The molecule has 3 N–H and O–H groups in total. The Hall–Kier alpha value is -1.49. The quantitative estimate of drug-likeness (QED) is 0.693. The van der Waals surface area contributed by atoms with Gasteiger partial charge >= 0.3 is 0 Å². The first-order valence-electron chi connectivity index (χ1n) is 5.04. The van der Waals surface area contributed by atoms with E-state index in [0.29, 0.717) is 17.3 Å². The van der Waals surface area contributed by atoms with Crippen molar-refractivity contribution in [2.75, 3.05) is 36.8 Å². The molecule has 1 aromatic rings. The van der Waals surface area contributed by atoms with Crippen molar-refractivity contribution in [1.29, 1.82) is 0 Å². The van der Waals surface area contributed by atoms with E-state index in [4.69, 9.17) is 10.2 Å². The summed E-state index contributed by atoms with van der Waals surface area (Å²) in [4.78, 5) is 13.4. The van der Waals surface area contributed by atoms with Crippen LogP contribution >= 0.6 is 0 Å². The third kappa shape index (κ3) is 1.97. The lowest BCUT2D eigenvalue weighted by Gasteiger charge is -2.27. The Morgan fingerprint density at radius 2 is 2.20 bits per heavy atom. The smallest absolute Gasteiger partial charge is 0.209 e. The molecule has 1 aliphatic heterocycles. The lowest BCUT2D eigenvalue weighted by atomic mass is 10.2. The fraction of sp³-hybridized carbons (Fsp3) is 0.500. The van der Waals surface area contributed by atoms with Gasteiger partial charge in [-0.05, 0) is 6.92 Å². The topological polar surface area (TPSA) is 71.5 Å². The number of nitrogens with one attached hydrogen (secondary N) is 1. The van der Waals surface area contributed by atoms with E-state index in [1.165, 1.54) is 6.92 Å². The van der Waals surface area contributed by atoms with Crippen molar-refractivity contribution in [3.63, 3.8) is 0 Å². The summed E-state index contributed by atoms with van der Waals surface area (Å²) >= 11 is 0. The number of nitrogen functional groups attached to an aromatic ring is 1. The lowest BCUT2D eigenvalue weighted by Crippen LogP contribution is -2.43. The minimum atomic E-state index is -0.0102. The van der Waals surface area contributed by atoms with Crippen molar-refractivity contribution in [3.05, 3.63) is 11.6 Å². The second-order valence-corrected chi connectivity index (χ2v) is 3.66. The highest BCUT2D eigenvalue weighted by atomic mass is 16.4. The van der Waals surface area contributed by atoms with Crippen LogP contribution in [0.25, 0.3) is 0 Å². The molecular formula is C10H15N3O2. The van der Waals surface area contributed by atoms with Crippen molar-refractivity contribution in [2.45, 2.75) is 6.92 Å². The van der Waals surface area contributed by atoms with Crippen LogP contribution in [0.2, 0.25) is 0 Å². The first kappa shape index (κ1) is 10.0. The Kier molecular flexibility index (Phi) is 2.64. The standard InChI is InChI=1S/C10H15N3O2/c1-7(14)8-6-9(11)15-10(8)13-4-2-12-3-5-13/h6,12H,2-5,11H2,1H3. The second kappa shape index (κ2) is 3.94. The zero-order chi connectivity index (χ0) is 10.8. The molecular weight excluding hydrogens is 194 g/mol. The first-order chi connectivity index (χ1) is 7.18. The average molecular weight is 209 g/mol. The zero-order valence-corrected chi connectivity index (χ0v) is 8.75. The molecule has 0 saturated carbocycles. The molecule has 1 aromatic heterocycles. The number of furan rings is 1. The van der Waals surface area contributed by atoms with Crippen LogP contribution < -0.4 is 16.0 Å². The Balaban J connectivity index is 2.28. The Morgan fingerprint density at radius 3 is 2.80 bits per heavy atom. The number of Topliss-reactive ketones (excluding diaryl/α,β-unsaturated/α-hetero) is 1. The molecule has 0 amide bonds. The molecule has 0 unspecified atom stereocenters. The number of rotatable bonds is 2. The highest BCUT2D eigenvalue weighted by Crippen LogP contribution is 2.27. The van der Waals surface area contributed by atoms with Crippen LogP contribution in [-0.4, -0.2) is 32.0 Å². The van der Waals surface area contributed by atoms with Gasteiger partial charge in [0.05, 0.1) is 5.56 Å². The summed E-state index contributed by atoms with van der Waals surface area (Å²) in [5.41, 5.74) is 6.14. The van der Waals surface area contributed by atoms with Gasteiger partial charge in [-0.2, -0.15) is 0 Å². The van der Waals surface area contributed by atoms with Gasteiger partial charge in [-0.25, -0.2) is 0 Å². The van der Waals surface area contributed by atoms with Gasteiger partial charge in [-0.1, -0.05) is 0 Å². The normalized spacial score (nSPS) is 16.7. The summed E-state index contributed by atoms with van der Waals surface area (Å²) in [7, 11) is 0. The fourth-order valence-corrected chi connectivity index (χ4v) is 1.76. The molecule has 1 saturated heterocycles. The summed E-state index contributed by atoms with van der Waals surface area (Å²) < 4.78 is 5.37. The predicted octanol–water partition coefficient (Wildman–Crippen LogP) is 0.474. The molecule has 5 nitrogen and oxygen atoms in total. The number of carbonyl (C=O) groups excluding carboxylic acids is 1. The molecule has 0 radical (unpaired) electrons. The van der Waals surface area contributed by atoms with E-state index in [1.807, 2.05) is 4.90 Å². The molecule has 1 aliphatic rings. The Labute approximate surface area is 88.2 Å². The van der Waals surface area contributed by atoms with Gasteiger partial charge in [-0.3, -0.25) is 4.79 Å². The largest absolute Gasteiger partial charge is 0.425 e. The first-order valence-corrected chi connectivity index (χ1v) is 5.04. The summed E-state index contributed by atoms with van der Waals surface area (Å²) in [5, 5.41) is 3.24. The monoisotopic (exact) mass is 209 g/mol. The maximum Gasteiger partial charge on any atom is 0.209 e. The minimum Gasteiger partial charge on any atom is -0.425 e. The number of hydrogen-bond donors (Lipinski definition) is 2. The molecule has 1 fully saturated rings. The number of hydrogen-bond acceptors (Lipinski definition) is 5. The molecule has 0 aliphatic carbocycles. The van der Waals surface area contributed by atoms with Gasteiger partial charge in [0.15, 0.2) is 11.7 Å². The molecule has 0 bridgehead atoms. The number of nitrogens with two attached hydrogens (primary N) is 1. The number of nitrogens with zero attached hydrogens (tertiary/aromatic N) is 1. The molecule has 0 atom stereocenters. The molecule has 5 heteroatoms. The van der Waals surface area contributed by atoms with Gasteiger partial charge in [0.1, 0.15) is 0 Å². The second-order valence-electron chi connectivity index (χ2n) is 3.66. The van der Waals surface area contributed by atoms with Crippen LogP contribution in [0.1, 0.15) is 17.3 Å². The molecule has 0 spiro atoms. The summed E-state index contributed by atoms with van der Waals surface area (Å²) in [6.45, 7) is 5.01. The average Bonchev–Trinajstić information content (AvgIpc) is 2.62. The molecule has 2 heterocycles. The highest BCUT2D eigenvalue weighted by Gasteiger charge is 2.21. The van der Waals surface area contributed by atoms with Crippen LogP contribution in [-0.2, 0) is 0 Å². The maximum atomic E-state index is 11.4. The van der Waals surface area contributed by atoms with Gasteiger partial charge in [-0.15, -0.1) is 0 Å². The van der Waals surface area contributed by atoms with Crippen LogP contribution in [0.4, 0.5) is 11.8 Å². The minimum absolute atomic E-state index is 0.0102. The Bertz CT molecular complexity index is 367. The highest BCUT2D eigenvalue weighted by molar-refractivity contribution is 5.99. The number of ketones is 1. The number of piperazine rings is 1. The predicted molar refractivity (Wildman–Crippen MR) is 58.2 cm³/mol. The maximum absolute atomic E-state index is 11.4. The third-order valence-corrected chi connectivity index (χ3v) is 2.52. The Morgan fingerprint density at radius 1 is 1.53 bits per heavy atom. The van der Waals surface area contributed by atoms with Crippen molar-refractivity contribution in [1.82, 2.24) is 5.32 Å². The van der Waals surface area contributed by atoms with Gasteiger partial charge in [0, 0.05) is 32.2 Å². The van der Waals surface area contributed by atoms with E-state index in [0.717, 1.165) is 26.2 Å². The van der Waals surface area contributed by atoms with E-state index >= 15 is 0 Å². The number of carbonyl (C=O) groups is 1. The molecule has 15 heavy (non-hydrogen) atoms. The van der Waals surface area contributed by atoms with Crippen molar-refractivity contribution in [3.8, 4) is 0 Å². The van der Waals surface area contributed by atoms with Crippen molar-refractivity contribution in [2.24, 2.45) is 0 Å². The van der Waals surface area contributed by atoms with Crippen LogP contribution in [0.3, 0.4) is 0 Å².